The van der Waals surface area contributed by atoms with Crippen LogP contribution < -0.4 is 4.74 Å². The highest BCUT2D eigenvalue weighted by Crippen LogP contribution is 2.39. The number of ether oxygens (including phenoxy) is 2. The van der Waals surface area contributed by atoms with Gasteiger partial charge in [-0.25, -0.2) is 0 Å². The van der Waals surface area contributed by atoms with Crippen LogP contribution in [-0.2, 0) is 11.3 Å². The second-order valence-electron chi connectivity index (χ2n) is 8.92. The van der Waals surface area contributed by atoms with E-state index < -0.39 is 37.1 Å². The molecule has 1 fully saturated rings. The van der Waals surface area contributed by atoms with Crippen molar-refractivity contribution in [3.8, 4) is 5.75 Å². The number of aryl methyl sites for hydroxylation is 1. The maximum absolute atomic E-state index is 10.7. The standard InChI is InChI=1S/C25H30ClNO6/c1-13(2)32-16-6-4-15(5-7-16)10-27-11-18(17-8-14(3)9-19(26)21(17)27)25-24(31)23(30)22(29)20(12-28)33-25/h4-9,11,13,20,22-25,28-31H,10,12H2,1-3H3/t20-,22-,23+,24-,25+/m1/s1. The summed E-state index contributed by atoms with van der Waals surface area (Å²) in [4.78, 5) is 0. The minimum absolute atomic E-state index is 0.0902. The molecule has 1 aliphatic heterocycles. The fraction of sp³-hybridized carbons (Fsp3) is 0.440. The molecule has 0 amide bonds. The van der Waals surface area contributed by atoms with Crippen molar-refractivity contribution < 1.29 is 29.9 Å². The number of halogens is 1. The summed E-state index contributed by atoms with van der Waals surface area (Å²) in [6.07, 6.45) is -4.22. The molecule has 0 bridgehead atoms. The van der Waals surface area contributed by atoms with E-state index in [1.54, 1.807) is 0 Å². The monoisotopic (exact) mass is 475 g/mol. The second-order valence-corrected chi connectivity index (χ2v) is 9.32. The number of aromatic nitrogens is 1. The molecule has 0 aliphatic carbocycles. The minimum atomic E-state index is -1.45. The highest BCUT2D eigenvalue weighted by Gasteiger charge is 2.44. The van der Waals surface area contributed by atoms with Crippen molar-refractivity contribution in [2.45, 2.75) is 63.9 Å². The number of hydrogen-bond donors (Lipinski definition) is 4. The summed E-state index contributed by atoms with van der Waals surface area (Å²) in [5.74, 6) is 0.793. The molecule has 33 heavy (non-hydrogen) atoms. The summed E-state index contributed by atoms with van der Waals surface area (Å²) in [7, 11) is 0. The van der Waals surface area contributed by atoms with Crippen molar-refractivity contribution in [2.75, 3.05) is 6.61 Å². The molecule has 3 aromatic rings. The molecule has 2 aromatic carbocycles. The van der Waals surface area contributed by atoms with Gasteiger partial charge in [-0.05, 0) is 56.2 Å². The first-order valence-corrected chi connectivity index (χ1v) is 11.4. The fourth-order valence-electron chi connectivity index (χ4n) is 4.40. The van der Waals surface area contributed by atoms with Crippen LogP contribution >= 0.6 is 11.6 Å². The maximum atomic E-state index is 10.7. The van der Waals surface area contributed by atoms with E-state index in [4.69, 9.17) is 21.1 Å². The molecule has 8 heteroatoms. The molecule has 7 nitrogen and oxygen atoms in total. The summed E-state index contributed by atoms with van der Waals surface area (Å²) in [5.41, 5.74) is 3.37. The van der Waals surface area contributed by atoms with Crippen molar-refractivity contribution >= 4 is 22.5 Å². The Labute approximate surface area is 197 Å². The van der Waals surface area contributed by atoms with E-state index in [-0.39, 0.29) is 6.10 Å². The lowest BCUT2D eigenvalue weighted by Crippen LogP contribution is -2.55. The molecule has 0 saturated carbocycles. The van der Waals surface area contributed by atoms with Crippen molar-refractivity contribution in [2.24, 2.45) is 0 Å². The van der Waals surface area contributed by atoms with Gasteiger partial charge in [0.1, 0.15) is 36.3 Å². The van der Waals surface area contributed by atoms with Gasteiger partial charge in [-0.2, -0.15) is 0 Å². The Morgan fingerprint density at radius 2 is 1.76 bits per heavy atom. The van der Waals surface area contributed by atoms with Gasteiger partial charge in [0.2, 0.25) is 0 Å². The van der Waals surface area contributed by atoms with E-state index in [1.807, 2.05) is 67.9 Å². The van der Waals surface area contributed by atoms with Crippen LogP contribution in [-0.4, -0.2) is 62.1 Å². The Kier molecular flexibility index (Phi) is 7.00. The van der Waals surface area contributed by atoms with Crippen LogP contribution in [0.3, 0.4) is 0 Å². The quantitative estimate of drug-likeness (QED) is 0.437. The Balaban J connectivity index is 1.75. The summed E-state index contributed by atoms with van der Waals surface area (Å²) in [6, 6.07) is 11.6. The molecular weight excluding hydrogens is 446 g/mol. The van der Waals surface area contributed by atoms with Gasteiger partial charge in [-0.3, -0.25) is 0 Å². The van der Waals surface area contributed by atoms with Gasteiger partial charge in [-0.1, -0.05) is 23.7 Å². The van der Waals surface area contributed by atoms with E-state index >= 15 is 0 Å². The smallest absolute Gasteiger partial charge is 0.119 e. The number of rotatable bonds is 6. The van der Waals surface area contributed by atoms with E-state index in [9.17, 15) is 20.4 Å². The molecule has 0 spiro atoms. The van der Waals surface area contributed by atoms with Crippen molar-refractivity contribution in [3.05, 3.63) is 64.3 Å². The zero-order chi connectivity index (χ0) is 23.9. The van der Waals surface area contributed by atoms with E-state index in [2.05, 4.69) is 0 Å². The summed E-state index contributed by atoms with van der Waals surface area (Å²) >= 11 is 6.64. The Hall–Kier alpha value is -2.13. The number of benzene rings is 2. The number of fused-ring (bicyclic) bond motifs is 1. The van der Waals surface area contributed by atoms with Crippen LogP contribution in [0, 0.1) is 6.92 Å². The third-order valence-corrected chi connectivity index (χ3v) is 6.24. The third kappa shape index (κ3) is 4.75. The average molecular weight is 476 g/mol. The molecule has 0 radical (unpaired) electrons. The molecule has 4 rings (SSSR count). The first-order valence-electron chi connectivity index (χ1n) is 11.0. The lowest BCUT2D eigenvalue weighted by molar-refractivity contribution is -0.231. The van der Waals surface area contributed by atoms with Gasteiger partial charge >= 0.3 is 0 Å². The first-order chi connectivity index (χ1) is 15.7. The number of aliphatic hydroxyl groups excluding tert-OH is 4. The Bertz CT molecular complexity index is 1110. The van der Waals surface area contributed by atoms with Crippen molar-refractivity contribution in [3.63, 3.8) is 0 Å². The lowest BCUT2D eigenvalue weighted by Gasteiger charge is -2.40. The van der Waals surface area contributed by atoms with Crippen LogP contribution in [0.5, 0.6) is 5.75 Å². The molecule has 1 aliphatic rings. The normalized spacial score (nSPS) is 25.7. The third-order valence-electron chi connectivity index (χ3n) is 5.95. The molecule has 1 aromatic heterocycles. The predicted octanol–water partition coefficient (Wildman–Crippen LogP) is 2.95. The Morgan fingerprint density at radius 1 is 1.06 bits per heavy atom. The van der Waals surface area contributed by atoms with Crippen molar-refractivity contribution in [1.29, 1.82) is 0 Å². The highest BCUT2D eigenvalue weighted by molar-refractivity contribution is 6.35. The lowest BCUT2D eigenvalue weighted by atomic mass is 9.91. The van der Waals surface area contributed by atoms with E-state index in [1.165, 1.54) is 0 Å². The van der Waals surface area contributed by atoms with Crippen LogP contribution in [0.4, 0.5) is 0 Å². The zero-order valence-electron chi connectivity index (χ0n) is 18.9. The van der Waals surface area contributed by atoms with Crippen molar-refractivity contribution in [1.82, 2.24) is 4.57 Å². The number of nitrogens with zero attached hydrogens (tertiary/aromatic N) is 1. The summed E-state index contributed by atoms with van der Waals surface area (Å²) < 4.78 is 13.5. The molecule has 178 valence electrons. The second kappa shape index (κ2) is 9.62. The molecular formula is C25H30ClNO6. The van der Waals surface area contributed by atoms with Crippen LogP contribution in [0.2, 0.25) is 5.02 Å². The number of aliphatic hydroxyl groups is 4. The largest absolute Gasteiger partial charge is 0.491 e. The van der Waals surface area contributed by atoms with Gasteiger partial charge in [0.05, 0.1) is 23.3 Å². The SMILES string of the molecule is Cc1cc(Cl)c2c(c1)c([C@@H]1O[C@H](CO)[C@@H](O)[C@H](O)[C@H]1O)cn2Cc1ccc(OC(C)C)cc1. The molecule has 5 atom stereocenters. The number of hydrogen-bond acceptors (Lipinski definition) is 6. The van der Waals surface area contributed by atoms with Gasteiger partial charge in [0.15, 0.2) is 0 Å². The molecule has 4 N–H and O–H groups in total. The highest BCUT2D eigenvalue weighted by atomic mass is 35.5. The minimum Gasteiger partial charge on any atom is -0.491 e. The van der Waals surface area contributed by atoms with E-state index in [0.29, 0.717) is 17.1 Å². The predicted molar refractivity (Wildman–Crippen MR) is 126 cm³/mol. The summed E-state index contributed by atoms with van der Waals surface area (Å²) in [5, 5.41) is 42.1. The van der Waals surface area contributed by atoms with Gasteiger partial charge < -0.3 is 34.5 Å². The van der Waals surface area contributed by atoms with Gasteiger partial charge in [-0.15, -0.1) is 0 Å². The van der Waals surface area contributed by atoms with Gasteiger partial charge in [0, 0.05) is 23.7 Å². The first kappa shape index (κ1) is 24.0. The van der Waals surface area contributed by atoms with Gasteiger partial charge in [0.25, 0.3) is 0 Å². The fourth-order valence-corrected chi connectivity index (χ4v) is 4.78. The maximum Gasteiger partial charge on any atom is 0.119 e. The van der Waals surface area contributed by atoms with Crippen LogP contribution in [0.25, 0.3) is 10.9 Å². The average Bonchev–Trinajstić information content (AvgIpc) is 3.11. The zero-order valence-corrected chi connectivity index (χ0v) is 19.6. The summed E-state index contributed by atoms with van der Waals surface area (Å²) in [6.45, 7) is 5.91. The molecule has 0 unspecified atom stereocenters. The van der Waals surface area contributed by atoms with Crippen LogP contribution in [0.1, 0.15) is 36.6 Å². The molecule has 1 saturated heterocycles. The van der Waals surface area contributed by atoms with Crippen LogP contribution in [0.15, 0.2) is 42.6 Å². The topological polar surface area (TPSA) is 104 Å². The Morgan fingerprint density at radius 3 is 2.39 bits per heavy atom. The molecule has 2 heterocycles. The van der Waals surface area contributed by atoms with E-state index in [0.717, 1.165) is 27.8 Å².